The van der Waals surface area contributed by atoms with E-state index in [0.717, 1.165) is 39.3 Å². The molecule has 0 aliphatic carbocycles. The van der Waals surface area contributed by atoms with E-state index in [-0.39, 0.29) is 34.1 Å². The van der Waals surface area contributed by atoms with Crippen LogP contribution in [0.4, 0.5) is 13.2 Å². The summed E-state index contributed by atoms with van der Waals surface area (Å²) in [6.07, 6.45) is 0. The number of halogens is 4. The Hall–Kier alpha value is 0.674. The summed E-state index contributed by atoms with van der Waals surface area (Å²) in [4.78, 5) is 0. The molecule has 1 heterocycles. The minimum absolute atomic E-state index is 0. The number of rotatable bonds is 0. The quantitative estimate of drug-likeness (QED) is 0.519. The van der Waals surface area contributed by atoms with E-state index in [2.05, 4.69) is 16.0 Å². The third kappa shape index (κ3) is 25.2. The monoisotopic (exact) mass is 281 g/mol. The van der Waals surface area contributed by atoms with Crippen molar-refractivity contribution in [2.45, 2.75) is 0 Å². The van der Waals surface area contributed by atoms with Crippen LogP contribution < -0.4 is 10.6 Å². The van der Waals surface area contributed by atoms with Crippen LogP contribution >= 0.6 is 12.4 Å². The molecule has 0 spiro atoms. The molecule has 0 saturated carbocycles. The predicted molar refractivity (Wildman–Crippen MR) is 52.6 cm³/mol. The van der Waals surface area contributed by atoms with E-state index in [4.69, 9.17) is 0 Å². The van der Waals surface area contributed by atoms with E-state index in [1.807, 2.05) is 0 Å². The van der Waals surface area contributed by atoms with E-state index in [1.165, 1.54) is 0 Å². The molecular formula is C7H15ClF3N3Ti. The molecule has 0 amide bonds. The zero-order valence-corrected chi connectivity index (χ0v) is 10.6. The molecule has 2 N–H and O–H groups in total. The van der Waals surface area contributed by atoms with E-state index < -0.39 is 6.68 Å². The van der Waals surface area contributed by atoms with E-state index in [9.17, 15) is 13.2 Å². The van der Waals surface area contributed by atoms with Gasteiger partial charge in [0.05, 0.1) is 0 Å². The van der Waals surface area contributed by atoms with E-state index in [0.29, 0.717) is 0 Å². The van der Waals surface area contributed by atoms with Crippen molar-refractivity contribution in [1.82, 2.24) is 10.6 Å². The van der Waals surface area contributed by atoms with Crippen molar-refractivity contribution in [2.24, 2.45) is 0 Å². The van der Waals surface area contributed by atoms with Crippen molar-refractivity contribution in [3.63, 3.8) is 0 Å². The molecule has 8 heteroatoms. The molecule has 1 aliphatic rings. The summed E-state index contributed by atoms with van der Waals surface area (Å²) in [5, 5.41) is 10.8. The first kappa shape index (κ1) is 21.0. The zero-order chi connectivity index (χ0) is 9.94. The summed E-state index contributed by atoms with van der Waals surface area (Å²) in [5.74, 6) is 0. The van der Waals surface area contributed by atoms with Crippen molar-refractivity contribution < 1.29 is 34.9 Å². The second-order valence-electron chi connectivity index (χ2n) is 2.39. The molecule has 1 saturated heterocycles. The third-order valence-electron chi connectivity index (χ3n) is 1.37. The molecule has 0 radical (unpaired) electrons. The molecule has 1 rings (SSSR count). The Bertz CT molecular complexity index is 82.2. The molecule has 90 valence electrons. The van der Waals surface area contributed by atoms with E-state index >= 15 is 0 Å². The zero-order valence-electron chi connectivity index (χ0n) is 8.23. The molecule has 15 heavy (non-hydrogen) atoms. The molecule has 0 bridgehead atoms. The Morgan fingerprint density at radius 1 is 0.867 bits per heavy atom. The fourth-order valence-corrected chi connectivity index (χ4v) is 0.855. The topological polar surface area (TPSA) is 38.2 Å². The van der Waals surface area contributed by atoms with Gasteiger partial charge in [-0.2, -0.15) is 0 Å². The summed E-state index contributed by atoms with van der Waals surface area (Å²) >= 11 is 0. The first-order valence-corrected chi connectivity index (χ1v) is 4.11. The Labute approximate surface area is 109 Å². The van der Waals surface area contributed by atoms with Gasteiger partial charge in [0, 0.05) is 13.1 Å². The van der Waals surface area contributed by atoms with Crippen LogP contribution in [0.3, 0.4) is 0 Å². The Morgan fingerprint density at radius 2 is 1.20 bits per heavy atom. The molecular weight excluding hydrogens is 266 g/mol. The SMILES string of the molecule is C1CNCCNCC[N-]1.Cl.F[C-](F)F.[Ti+2]. The van der Waals surface area contributed by atoms with Crippen molar-refractivity contribution >= 4 is 12.4 Å². The van der Waals surface area contributed by atoms with Crippen LogP contribution in [0, 0.1) is 6.68 Å². The standard InChI is InChI=1S/C6H14N3.CF3.ClH.Ti/c1-2-8-5-6-9-4-3-7-1;2-1(3)4;;/h7-8H,1-6H2;;1H;/q2*-1;;+2. The number of hydrogen-bond donors (Lipinski definition) is 2. The Morgan fingerprint density at radius 3 is 1.53 bits per heavy atom. The molecule has 0 aromatic heterocycles. The average Bonchev–Trinajstić information content (AvgIpc) is 2.16. The summed E-state index contributed by atoms with van der Waals surface area (Å²) in [7, 11) is 0. The number of hydrogen-bond acceptors (Lipinski definition) is 2. The average molecular weight is 282 g/mol. The Balaban J connectivity index is -0.000000213. The van der Waals surface area contributed by atoms with Crippen LogP contribution in [-0.4, -0.2) is 39.3 Å². The van der Waals surface area contributed by atoms with E-state index in [1.54, 1.807) is 0 Å². The van der Waals surface area contributed by atoms with Gasteiger partial charge in [-0.25, -0.2) is 0 Å². The molecule has 0 aromatic carbocycles. The minimum atomic E-state index is -3.08. The van der Waals surface area contributed by atoms with Crippen LogP contribution in [-0.2, 0) is 21.7 Å². The van der Waals surface area contributed by atoms with Gasteiger partial charge >= 0.3 is 21.7 Å². The molecule has 0 aromatic rings. The molecule has 0 unspecified atom stereocenters. The van der Waals surface area contributed by atoms with Gasteiger partial charge in [-0.05, 0) is 13.1 Å². The second-order valence-corrected chi connectivity index (χ2v) is 2.39. The van der Waals surface area contributed by atoms with Crippen LogP contribution in [0.15, 0.2) is 0 Å². The van der Waals surface area contributed by atoms with Crippen molar-refractivity contribution in [1.29, 1.82) is 0 Å². The van der Waals surface area contributed by atoms with Crippen LogP contribution in [0.1, 0.15) is 0 Å². The fraction of sp³-hybridized carbons (Fsp3) is 0.857. The van der Waals surface area contributed by atoms with Crippen molar-refractivity contribution in [3.8, 4) is 0 Å². The van der Waals surface area contributed by atoms with Gasteiger partial charge in [-0.1, -0.05) is 0 Å². The molecule has 1 fully saturated rings. The van der Waals surface area contributed by atoms with Gasteiger partial charge in [0.1, 0.15) is 0 Å². The molecule has 1 aliphatic heterocycles. The van der Waals surface area contributed by atoms with Gasteiger partial charge < -0.3 is 29.1 Å². The molecule has 0 atom stereocenters. The van der Waals surface area contributed by atoms with Crippen molar-refractivity contribution in [2.75, 3.05) is 39.3 Å². The maximum Gasteiger partial charge on any atom is 2.00 e. The van der Waals surface area contributed by atoms with Gasteiger partial charge in [0.15, 0.2) is 6.68 Å². The number of nitrogens with one attached hydrogen (secondary N) is 2. The summed E-state index contributed by atoms with van der Waals surface area (Å²) in [6.45, 7) is 3.11. The number of nitrogens with zero attached hydrogens (tertiary/aromatic N) is 1. The smallest absolute Gasteiger partial charge is 0.660 e. The maximum atomic E-state index is 9.58. The molecule has 3 nitrogen and oxygen atoms in total. The van der Waals surface area contributed by atoms with Crippen LogP contribution in [0.25, 0.3) is 5.32 Å². The fourth-order valence-electron chi connectivity index (χ4n) is 0.855. The summed E-state index contributed by atoms with van der Waals surface area (Å²) in [6, 6.07) is 0. The maximum absolute atomic E-state index is 9.58. The summed E-state index contributed by atoms with van der Waals surface area (Å²) in [5.41, 5.74) is 0. The third-order valence-corrected chi connectivity index (χ3v) is 1.37. The van der Waals surface area contributed by atoms with Gasteiger partial charge in [-0.3, -0.25) is 0 Å². The summed E-state index contributed by atoms with van der Waals surface area (Å²) < 4.78 is 28.8. The van der Waals surface area contributed by atoms with Gasteiger partial charge in [0.2, 0.25) is 0 Å². The van der Waals surface area contributed by atoms with Crippen LogP contribution in [0.2, 0.25) is 0 Å². The largest absolute Gasteiger partial charge is 2.00 e. The second kappa shape index (κ2) is 17.1. The predicted octanol–water partition coefficient (Wildman–Crippen LogP) is 1.31. The minimum Gasteiger partial charge on any atom is -0.660 e. The Kier molecular flexibility index (Phi) is 23.9. The van der Waals surface area contributed by atoms with Gasteiger partial charge in [-0.15, -0.1) is 25.5 Å². The van der Waals surface area contributed by atoms with Crippen molar-refractivity contribution in [3.05, 3.63) is 12.0 Å². The first-order chi connectivity index (χ1) is 6.23. The van der Waals surface area contributed by atoms with Crippen LogP contribution in [0.5, 0.6) is 0 Å². The normalized spacial score (nSPS) is 16.8. The first-order valence-electron chi connectivity index (χ1n) is 4.11. The van der Waals surface area contributed by atoms with Gasteiger partial charge in [0.25, 0.3) is 0 Å².